The number of hydrogen-bond donors (Lipinski definition) is 0. The maximum absolute atomic E-state index is 12.8. The van der Waals surface area contributed by atoms with Gasteiger partial charge in [-0.05, 0) is 44.9 Å². The molecule has 59 heavy (non-hydrogen) atoms. The van der Waals surface area contributed by atoms with E-state index < -0.39 is 6.10 Å². The molecule has 0 N–H and O–H groups in total. The molecule has 0 aromatic heterocycles. The van der Waals surface area contributed by atoms with E-state index in [9.17, 15) is 14.4 Å². The van der Waals surface area contributed by atoms with Gasteiger partial charge in [0.1, 0.15) is 13.2 Å². The van der Waals surface area contributed by atoms with Gasteiger partial charge in [-0.3, -0.25) is 14.4 Å². The zero-order valence-electron chi connectivity index (χ0n) is 39.8. The average molecular weight is 833 g/mol. The quantitative estimate of drug-likeness (QED) is 0.0263. The minimum atomic E-state index is -0.765. The molecular weight excluding hydrogens is 733 g/mol. The fraction of sp³-hybridized carbons (Fsp3) is 0.906. The molecule has 0 saturated heterocycles. The summed E-state index contributed by atoms with van der Waals surface area (Å²) in [6.07, 6.45) is 53.4. The average Bonchev–Trinajstić information content (AvgIpc) is 3.23. The van der Waals surface area contributed by atoms with E-state index in [2.05, 4.69) is 32.9 Å². The Balaban J connectivity index is 4.28. The molecule has 0 aromatic rings. The number of ether oxygens (including phenoxy) is 3. The van der Waals surface area contributed by atoms with Gasteiger partial charge in [-0.1, -0.05) is 238 Å². The van der Waals surface area contributed by atoms with Crippen LogP contribution < -0.4 is 0 Å². The third kappa shape index (κ3) is 47.1. The monoisotopic (exact) mass is 833 g/mol. The molecule has 0 aliphatic rings. The Morgan fingerprint density at radius 2 is 0.559 bits per heavy atom. The number of unbranched alkanes of at least 4 members (excludes halogenated alkanes) is 35. The van der Waals surface area contributed by atoms with Gasteiger partial charge >= 0.3 is 17.9 Å². The van der Waals surface area contributed by atoms with Crippen LogP contribution in [0, 0.1) is 0 Å². The molecule has 0 aromatic carbocycles. The van der Waals surface area contributed by atoms with Crippen LogP contribution in [-0.2, 0) is 28.6 Å². The number of rotatable bonds is 48. The smallest absolute Gasteiger partial charge is 0.306 e. The van der Waals surface area contributed by atoms with Crippen LogP contribution in [0.3, 0.4) is 0 Å². The van der Waals surface area contributed by atoms with Crippen LogP contribution in [0.5, 0.6) is 0 Å². The van der Waals surface area contributed by atoms with Crippen molar-refractivity contribution in [1.29, 1.82) is 0 Å². The first-order chi connectivity index (χ1) is 29.0. The first kappa shape index (κ1) is 57.1. The summed E-state index contributed by atoms with van der Waals surface area (Å²) >= 11 is 0. The number of hydrogen-bond acceptors (Lipinski definition) is 6. The zero-order valence-corrected chi connectivity index (χ0v) is 39.8. The van der Waals surface area contributed by atoms with E-state index in [-0.39, 0.29) is 31.1 Å². The van der Waals surface area contributed by atoms with Crippen LogP contribution in [-0.4, -0.2) is 37.2 Å². The molecule has 0 bridgehead atoms. The Hall–Kier alpha value is -1.85. The minimum Gasteiger partial charge on any atom is -0.462 e. The first-order valence-electron chi connectivity index (χ1n) is 26.2. The lowest BCUT2D eigenvalue weighted by molar-refractivity contribution is -0.167. The SMILES string of the molecule is CCCCCCCCCCC/C=C\CCCCCCCC(=O)OCC(COC(=O)CCCCCCCCCCCC)OC(=O)CCCCCCCCCCCCCCC. The van der Waals surface area contributed by atoms with Crippen LogP contribution >= 0.6 is 0 Å². The molecule has 0 spiro atoms. The van der Waals surface area contributed by atoms with Gasteiger partial charge in [-0.15, -0.1) is 0 Å². The Morgan fingerprint density at radius 1 is 0.322 bits per heavy atom. The summed E-state index contributed by atoms with van der Waals surface area (Å²) in [5, 5.41) is 0. The summed E-state index contributed by atoms with van der Waals surface area (Å²) in [6.45, 7) is 6.65. The van der Waals surface area contributed by atoms with Crippen LogP contribution in [0.2, 0.25) is 0 Å². The van der Waals surface area contributed by atoms with Crippen molar-refractivity contribution in [2.45, 2.75) is 297 Å². The van der Waals surface area contributed by atoms with Gasteiger partial charge in [0, 0.05) is 19.3 Å². The molecule has 0 aliphatic carbocycles. The highest BCUT2D eigenvalue weighted by Gasteiger charge is 2.19. The second kappa shape index (κ2) is 48.8. The van der Waals surface area contributed by atoms with E-state index >= 15 is 0 Å². The molecule has 6 nitrogen and oxygen atoms in total. The zero-order chi connectivity index (χ0) is 43.0. The summed E-state index contributed by atoms with van der Waals surface area (Å²) < 4.78 is 16.8. The maximum atomic E-state index is 12.8. The predicted octanol–water partition coefficient (Wildman–Crippen LogP) is 17.0. The predicted molar refractivity (Wildman–Crippen MR) is 252 cm³/mol. The third-order valence-electron chi connectivity index (χ3n) is 11.8. The molecule has 6 heteroatoms. The topological polar surface area (TPSA) is 78.9 Å². The van der Waals surface area contributed by atoms with Gasteiger partial charge in [-0.25, -0.2) is 0 Å². The lowest BCUT2D eigenvalue weighted by atomic mass is 10.0. The molecular formula is C53H100O6. The summed E-state index contributed by atoms with van der Waals surface area (Å²) in [5.74, 6) is -0.861. The van der Waals surface area contributed by atoms with Gasteiger partial charge < -0.3 is 14.2 Å². The lowest BCUT2D eigenvalue weighted by Gasteiger charge is -2.18. The summed E-state index contributed by atoms with van der Waals surface area (Å²) in [6, 6.07) is 0. The van der Waals surface area contributed by atoms with Crippen molar-refractivity contribution in [2.75, 3.05) is 13.2 Å². The molecule has 0 aliphatic heterocycles. The third-order valence-corrected chi connectivity index (χ3v) is 11.8. The molecule has 1 atom stereocenters. The van der Waals surface area contributed by atoms with Gasteiger partial charge in [0.15, 0.2) is 6.10 Å². The van der Waals surface area contributed by atoms with Gasteiger partial charge in [-0.2, -0.15) is 0 Å². The van der Waals surface area contributed by atoms with Crippen molar-refractivity contribution < 1.29 is 28.6 Å². The number of allylic oxidation sites excluding steroid dienone is 2. The van der Waals surface area contributed by atoms with Crippen LogP contribution in [0.25, 0.3) is 0 Å². The van der Waals surface area contributed by atoms with Crippen molar-refractivity contribution in [1.82, 2.24) is 0 Å². The largest absolute Gasteiger partial charge is 0.462 e. The minimum absolute atomic E-state index is 0.0676. The molecule has 0 fully saturated rings. The van der Waals surface area contributed by atoms with Crippen molar-refractivity contribution >= 4 is 17.9 Å². The lowest BCUT2D eigenvalue weighted by Crippen LogP contribution is -2.30. The second-order valence-electron chi connectivity index (χ2n) is 17.8. The standard InChI is InChI=1S/C53H100O6/c1-4-7-10-13-16-19-22-24-25-26-27-28-30-31-34-37-40-43-46-52(55)58-49-50(48-57-51(54)45-42-39-36-33-21-18-15-12-9-6-3)59-53(56)47-44-41-38-35-32-29-23-20-17-14-11-8-5-2/h27-28,50H,4-26,29-49H2,1-3H3/b28-27-. The van der Waals surface area contributed by atoms with Crippen LogP contribution in [0.1, 0.15) is 290 Å². The summed E-state index contributed by atoms with van der Waals surface area (Å²) in [4.78, 5) is 37.9. The number of carbonyl (C=O) groups excluding carboxylic acids is 3. The molecule has 0 radical (unpaired) electrons. The fourth-order valence-electron chi connectivity index (χ4n) is 7.79. The normalized spacial score (nSPS) is 12.0. The first-order valence-corrected chi connectivity index (χ1v) is 26.2. The highest BCUT2D eigenvalue weighted by molar-refractivity contribution is 5.71. The Kier molecular flexibility index (Phi) is 47.3. The second-order valence-corrected chi connectivity index (χ2v) is 17.8. The Bertz CT molecular complexity index is 916. The summed E-state index contributed by atoms with van der Waals surface area (Å²) in [5.41, 5.74) is 0. The van der Waals surface area contributed by atoms with E-state index in [0.29, 0.717) is 19.3 Å². The van der Waals surface area contributed by atoms with Crippen LogP contribution in [0.15, 0.2) is 12.2 Å². The van der Waals surface area contributed by atoms with Gasteiger partial charge in [0.05, 0.1) is 0 Å². The van der Waals surface area contributed by atoms with E-state index in [1.165, 1.54) is 186 Å². The van der Waals surface area contributed by atoms with Crippen molar-refractivity contribution in [2.24, 2.45) is 0 Å². The molecule has 0 saturated carbocycles. The van der Waals surface area contributed by atoms with Crippen molar-refractivity contribution in [3.63, 3.8) is 0 Å². The summed E-state index contributed by atoms with van der Waals surface area (Å²) in [7, 11) is 0. The van der Waals surface area contributed by atoms with Crippen molar-refractivity contribution in [3.05, 3.63) is 12.2 Å². The molecule has 1 unspecified atom stereocenters. The van der Waals surface area contributed by atoms with Gasteiger partial charge in [0.2, 0.25) is 0 Å². The Morgan fingerprint density at radius 3 is 0.847 bits per heavy atom. The van der Waals surface area contributed by atoms with E-state index in [0.717, 1.165) is 64.2 Å². The molecule has 0 heterocycles. The fourth-order valence-corrected chi connectivity index (χ4v) is 7.79. The maximum Gasteiger partial charge on any atom is 0.306 e. The number of esters is 3. The number of carbonyl (C=O) groups is 3. The van der Waals surface area contributed by atoms with E-state index in [4.69, 9.17) is 14.2 Å². The molecule has 348 valence electrons. The molecule has 0 amide bonds. The highest BCUT2D eigenvalue weighted by atomic mass is 16.6. The van der Waals surface area contributed by atoms with Crippen molar-refractivity contribution in [3.8, 4) is 0 Å². The Labute approximate surface area is 367 Å². The van der Waals surface area contributed by atoms with E-state index in [1.807, 2.05) is 0 Å². The highest BCUT2D eigenvalue weighted by Crippen LogP contribution is 2.16. The molecule has 0 rings (SSSR count). The van der Waals surface area contributed by atoms with Gasteiger partial charge in [0.25, 0.3) is 0 Å². The van der Waals surface area contributed by atoms with Crippen LogP contribution in [0.4, 0.5) is 0 Å². The van der Waals surface area contributed by atoms with E-state index in [1.54, 1.807) is 0 Å².